The number of nitrogens with one attached hydrogen (secondary N) is 2. The Morgan fingerprint density at radius 3 is 1.19 bits per heavy atom. The van der Waals surface area contributed by atoms with E-state index in [1.54, 1.807) is 0 Å². The molecule has 0 heterocycles. The molecule has 0 aromatic carbocycles. The number of hydrogen-bond donors (Lipinski definition) is 2. The minimum Gasteiger partial charge on any atom is -0.270 e. The Balaban J connectivity index is 3.99. The number of nitrogens with zero attached hydrogens (tertiary/aromatic N) is 2. The van der Waals surface area contributed by atoms with Gasteiger partial charge in [-0.3, -0.25) is 9.59 Å². The molecule has 0 aromatic rings. The zero-order valence-corrected chi connectivity index (χ0v) is 21.7. The first-order valence-electron chi connectivity index (χ1n) is 12.9. The van der Waals surface area contributed by atoms with Crippen molar-refractivity contribution >= 4 is 11.8 Å². The number of unbranched alkanes of at least 4 members (excludes halogenated alkanes) is 10. The minimum absolute atomic E-state index is 0.140. The molecule has 6 heteroatoms. The zero-order chi connectivity index (χ0) is 23.6. The van der Waals surface area contributed by atoms with Crippen LogP contribution >= 0.6 is 0 Å². The van der Waals surface area contributed by atoms with Crippen LogP contribution in [0.2, 0.25) is 0 Å². The molecule has 0 bridgehead atoms. The molecule has 0 spiro atoms. The first kappa shape index (κ1) is 29.9. The smallest absolute Gasteiger partial charge is 0.264 e. The van der Waals surface area contributed by atoms with Crippen molar-refractivity contribution in [3.63, 3.8) is 0 Å². The quantitative estimate of drug-likeness (QED) is 0.157. The average molecular weight is 443 g/mol. The average Bonchev–Trinajstić information content (AvgIpc) is 2.66. The summed E-state index contributed by atoms with van der Waals surface area (Å²) in [5, 5.41) is 0. The van der Waals surface area contributed by atoms with E-state index in [-0.39, 0.29) is 11.8 Å². The number of amides is 2. The molecule has 0 aliphatic carbocycles. The number of carbonyl (C=O) groups is 2. The van der Waals surface area contributed by atoms with Crippen LogP contribution in [0.3, 0.4) is 0 Å². The van der Waals surface area contributed by atoms with Crippen molar-refractivity contribution < 1.29 is 18.8 Å². The van der Waals surface area contributed by atoms with E-state index in [0.29, 0.717) is 22.0 Å². The van der Waals surface area contributed by atoms with E-state index in [0.717, 1.165) is 45.2 Å². The van der Waals surface area contributed by atoms with Gasteiger partial charge in [0.1, 0.15) is 13.1 Å². The molecule has 0 rings (SSSR count). The molecule has 0 radical (unpaired) electrons. The van der Waals surface area contributed by atoms with Gasteiger partial charge in [-0.1, -0.05) is 78.1 Å². The van der Waals surface area contributed by atoms with Gasteiger partial charge >= 0.3 is 0 Å². The highest BCUT2D eigenvalue weighted by Crippen LogP contribution is 2.09. The van der Waals surface area contributed by atoms with Gasteiger partial charge in [0.05, 0.1) is 34.6 Å². The number of carbonyl (C=O) groups excluding carboxylic acids is 2. The number of rotatable bonds is 20. The van der Waals surface area contributed by atoms with Crippen LogP contribution in [0, 0.1) is 0 Å². The SMILES string of the molecule is CCCCCCCCC(=O)N[N+](C)(C)CCC[N+](C)(C)NC(=O)CCCCCCCC. The van der Waals surface area contributed by atoms with Gasteiger partial charge in [0, 0.05) is 12.8 Å². The lowest BCUT2D eigenvalue weighted by Crippen LogP contribution is -2.58. The van der Waals surface area contributed by atoms with Crippen LogP contribution in [0.4, 0.5) is 0 Å². The highest BCUT2D eigenvalue weighted by atomic mass is 16.2. The minimum atomic E-state index is 0.140. The van der Waals surface area contributed by atoms with Crippen molar-refractivity contribution in [2.75, 3.05) is 41.3 Å². The van der Waals surface area contributed by atoms with Crippen molar-refractivity contribution in [1.82, 2.24) is 10.9 Å². The lowest BCUT2D eigenvalue weighted by molar-refractivity contribution is -0.943. The molecule has 0 aliphatic rings. The second-order valence-electron chi connectivity index (χ2n) is 10.3. The van der Waals surface area contributed by atoms with Crippen molar-refractivity contribution in [3.05, 3.63) is 0 Å². The summed E-state index contributed by atoms with van der Waals surface area (Å²) in [7, 11) is 8.15. The third-order valence-electron chi connectivity index (χ3n) is 5.80. The molecule has 0 saturated heterocycles. The standard InChI is InChI=1S/C25H52N4O2/c1-7-9-11-13-15-17-20-24(30)26-28(3,4)22-19-23-29(5,6)27-25(31)21-18-16-14-12-10-8-2/h7-23H2,1-6H3/p+2. The van der Waals surface area contributed by atoms with Crippen LogP contribution in [0.25, 0.3) is 0 Å². The summed E-state index contributed by atoms with van der Waals surface area (Å²) in [5.41, 5.74) is 6.28. The summed E-state index contributed by atoms with van der Waals surface area (Å²) in [6.07, 6.45) is 16.5. The van der Waals surface area contributed by atoms with Crippen LogP contribution in [-0.4, -0.2) is 62.3 Å². The van der Waals surface area contributed by atoms with Gasteiger partial charge in [0.2, 0.25) is 0 Å². The van der Waals surface area contributed by atoms with Crippen LogP contribution in [0.5, 0.6) is 0 Å². The van der Waals surface area contributed by atoms with Crippen molar-refractivity contribution in [1.29, 1.82) is 0 Å². The maximum Gasteiger partial charge on any atom is 0.264 e. The van der Waals surface area contributed by atoms with E-state index in [4.69, 9.17) is 0 Å². The van der Waals surface area contributed by atoms with Gasteiger partial charge in [0.25, 0.3) is 11.8 Å². The second kappa shape index (κ2) is 17.4. The van der Waals surface area contributed by atoms with E-state index in [1.165, 1.54) is 51.4 Å². The largest absolute Gasteiger partial charge is 0.270 e. The fourth-order valence-electron chi connectivity index (χ4n) is 3.89. The lowest BCUT2D eigenvalue weighted by atomic mass is 10.1. The Bertz CT molecular complexity index is 436. The molecule has 184 valence electrons. The summed E-state index contributed by atoms with van der Waals surface area (Å²) in [6, 6.07) is 0. The van der Waals surface area contributed by atoms with E-state index in [9.17, 15) is 9.59 Å². The fraction of sp³-hybridized carbons (Fsp3) is 0.920. The predicted molar refractivity (Wildman–Crippen MR) is 131 cm³/mol. The van der Waals surface area contributed by atoms with E-state index < -0.39 is 0 Å². The molecule has 0 atom stereocenters. The third kappa shape index (κ3) is 19.3. The number of hydrogen-bond acceptors (Lipinski definition) is 2. The topological polar surface area (TPSA) is 58.2 Å². The van der Waals surface area contributed by atoms with Crippen LogP contribution in [0.15, 0.2) is 0 Å². The molecule has 0 aromatic heterocycles. The highest BCUT2D eigenvalue weighted by molar-refractivity contribution is 5.74. The van der Waals surface area contributed by atoms with E-state index in [1.807, 2.05) is 28.2 Å². The molecule has 31 heavy (non-hydrogen) atoms. The van der Waals surface area contributed by atoms with Gasteiger partial charge < -0.3 is 0 Å². The van der Waals surface area contributed by atoms with Crippen LogP contribution in [-0.2, 0) is 9.59 Å². The summed E-state index contributed by atoms with van der Waals surface area (Å²) in [4.78, 5) is 24.5. The Labute approximate surface area is 193 Å². The molecule has 0 saturated carbocycles. The van der Waals surface area contributed by atoms with Gasteiger partial charge in [-0.05, 0) is 12.8 Å². The zero-order valence-electron chi connectivity index (χ0n) is 21.7. The summed E-state index contributed by atoms with van der Waals surface area (Å²) >= 11 is 0. The lowest BCUT2D eigenvalue weighted by Gasteiger charge is -2.32. The molecular weight excluding hydrogens is 388 g/mol. The Kier molecular flexibility index (Phi) is 16.8. The maximum absolute atomic E-state index is 12.2. The molecule has 0 aliphatic heterocycles. The summed E-state index contributed by atoms with van der Waals surface area (Å²) in [5.74, 6) is 0.281. The van der Waals surface area contributed by atoms with Gasteiger partial charge in [-0.15, -0.1) is 0 Å². The second-order valence-corrected chi connectivity index (χ2v) is 10.3. The predicted octanol–water partition coefficient (Wildman–Crippen LogP) is 5.09. The molecule has 2 N–H and O–H groups in total. The van der Waals surface area contributed by atoms with Gasteiger partial charge in [-0.25, -0.2) is 20.0 Å². The maximum atomic E-state index is 12.2. The Morgan fingerprint density at radius 1 is 0.516 bits per heavy atom. The molecule has 2 amide bonds. The van der Waals surface area contributed by atoms with Crippen molar-refractivity contribution in [2.45, 2.75) is 110 Å². The molecular formula is C25H54N4O2+2. The first-order chi connectivity index (χ1) is 14.6. The van der Waals surface area contributed by atoms with Crippen molar-refractivity contribution in [2.24, 2.45) is 0 Å². The van der Waals surface area contributed by atoms with Crippen molar-refractivity contribution in [3.8, 4) is 0 Å². The van der Waals surface area contributed by atoms with Gasteiger partial charge in [0.15, 0.2) is 0 Å². The summed E-state index contributed by atoms with van der Waals surface area (Å²) < 4.78 is 0.973. The number of quaternary nitrogens is 2. The Morgan fingerprint density at radius 2 is 0.839 bits per heavy atom. The monoisotopic (exact) mass is 442 g/mol. The molecule has 0 unspecified atom stereocenters. The normalized spacial score (nSPS) is 12.1. The first-order valence-corrected chi connectivity index (χ1v) is 12.9. The van der Waals surface area contributed by atoms with Gasteiger partial charge in [-0.2, -0.15) is 0 Å². The molecule has 0 fully saturated rings. The van der Waals surface area contributed by atoms with Crippen LogP contribution in [0.1, 0.15) is 110 Å². The van der Waals surface area contributed by atoms with E-state index >= 15 is 0 Å². The third-order valence-corrected chi connectivity index (χ3v) is 5.80. The molecule has 6 nitrogen and oxygen atoms in total. The Hall–Kier alpha value is -1.14. The van der Waals surface area contributed by atoms with Crippen LogP contribution < -0.4 is 10.9 Å². The fourth-order valence-corrected chi connectivity index (χ4v) is 3.89. The summed E-state index contributed by atoms with van der Waals surface area (Å²) in [6.45, 7) is 6.13. The highest BCUT2D eigenvalue weighted by Gasteiger charge is 2.23. The van der Waals surface area contributed by atoms with E-state index in [2.05, 4.69) is 24.7 Å².